The standard InChI is InChI=1S/C22H38N2O5/c25-18(12-8-11-17-9-4-3-5-10-17)15-16-24-19(21(28)23-22(24)29)13-6-1-2-7-14-20(26)27/h17-18,25,28H,1-16H2,(H,23,29)(H,26,27). The molecule has 0 aromatic carbocycles. The third kappa shape index (κ3) is 8.64. The Balaban J connectivity index is 1.70. The highest BCUT2D eigenvalue weighted by Gasteiger charge is 2.16. The van der Waals surface area contributed by atoms with E-state index in [1.807, 2.05) is 0 Å². The number of hydrogen-bond acceptors (Lipinski definition) is 4. The van der Waals surface area contributed by atoms with E-state index in [9.17, 15) is 19.8 Å². The number of aliphatic hydroxyl groups excluding tert-OH is 1. The highest BCUT2D eigenvalue weighted by atomic mass is 16.4. The maximum Gasteiger partial charge on any atom is 0.328 e. The smallest absolute Gasteiger partial charge is 0.328 e. The molecule has 7 heteroatoms. The second-order valence-electron chi connectivity index (χ2n) is 8.56. The number of aliphatic carboxylic acids is 1. The molecule has 0 saturated heterocycles. The van der Waals surface area contributed by atoms with Crippen LogP contribution in [-0.2, 0) is 17.8 Å². The first-order valence-electron chi connectivity index (χ1n) is 11.4. The fourth-order valence-corrected chi connectivity index (χ4v) is 4.44. The Kier molecular flexibility index (Phi) is 10.3. The molecule has 0 radical (unpaired) electrons. The van der Waals surface area contributed by atoms with Gasteiger partial charge < -0.3 is 15.3 Å². The summed E-state index contributed by atoms with van der Waals surface area (Å²) in [5, 5.41) is 29.0. The van der Waals surface area contributed by atoms with Crippen molar-refractivity contribution >= 4 is 5.97 Å². The number of nitrogens with one attached hydrogen (secondary N) is 1. The molecule has 4 N–H and O–H groups in total. The molecule has 29 heavy (non-hydrogen) atoms. The van der Waals surface area contributed by atoms with E-state index in [2.05, 4.69) is 4.98 Å². The minimum absolute atomic E-state index is 0.0904. The van der Waals surface area contributed by atoms with Crippen molar-refractivity contribution < 1.29 is 20.1 Å². The van der Waals surface area contributed by atoms with Crippen LogP contribution in [0.2, 0.25) is 0 Å². The van der Waals surface area contributed by atoms with Gasteiger partial charge in [0.15, 0.2) is 0 Å². The maximum atomic E-state index is 12.1. The zero-order valence-corrected chi connectivity index (χ0v) is 17.6. The molecule has 1 atom stereocenters. The van der Waals surface area contributed by atoms with E-state index < -0.39 is 12.1 Å². The quantitative estimate of drug-likeness (QED) is 0.347. The predicted molar refractivity (Wildman–Crippen MR) is 112 cm³/mol. The normalized spacial score (nSPS) is 16.2. The molecule has 0 spiro atoms. The average molecular weight is 411 g/mol. The van der Waals surface area contributed by atoms with Crippen molar-refractivity contribution in [2.24, 2.45) is 5.92 Å². The van der Waals surface area contributed by atoms with Crippen LogP contribution in [0.25, 0.3) is 0 Å². The van der Waals surface area contributed by atoms with Crippen LogP contribution < -0.4 is 5.69 Å². The third-order valence-corrected chi connectivity index (χ3v) is 6.18. The molecule has 1 aromatic rings. The summed E-state index contributed by atoms with van der Waals surface area (Å²) in [6.07, 6.45) is 13.6. The first-order valence-corrected chi connectivity index (χ1v) is 11.4. The molecule has 1 heterocycles. The molecule has 1 saturated carbocycles. The Morgan fingerprint density at radius 2 is 1.79 bits per heavy atom. The van der Waals surface area contributed by atoms with Gasteiger partial charge in [0.25, 0.3) is 0 Å². The SMILES string of the molecule is O=C(O)CCCCCCc1c(O)[nH]c(=O)n1CCC(O)CCCC1CCCCC1. The number of imidazole rings is 1. The molecule has 1 unspecified atom stereocenters. The Bertz CT molecular complexity index is 661. The predicted octanol–water partition coefficient (Wildman–Crippen LogP) is 3.96. The van der Waals surface area contributed by atoms with Crippen LogP contribution >= 0.6 is 0 Å². The van der Waals surface area contributed by atoms with E-state index in [4.69, 9.17) is 5.11 Å². The lowest BCUT2D eigenvalue weighted by Gasteiger charge is -2.21. The number of aromatic amines is 1. The summed E-state index contributed by atoms with van der Waals surface area (Å²) in [5.74, 6) is -0.0472. The lowest BCUT2D eigenvalue weighted by atomic mass is 9.85. The summed E-state index contributed by atoms with van der Waals surface area (Å²) in [4.78, 5) is 25.1. The first kappa shape index (κ1) is 23.5. The number of H-pyrrole nitrogens is 1. The highest BCUT2D eigenvalue weighted by molar-refractivity contribution is 5.66. The Labute approximate surface area is 173 Å². The molecule has 1 fully saturated rings. The summed E-state index contributed by atoms with van der Waals surface area (Å²) in [7, 11) is 0. The van der Waals surface area contributed by atoms with Crippen LogP contribution in [0.5, 0.6) is 5.88 Å². The van der Waals surface area contributed by atoms with Crippen LogP contribution in [0, 0.1) is 5.92 Å². The minimum atomic E-state index is -0.778. The van der Waals surface area contributed by atoms with E-state index in [1.165, 1.54) is 43.1 Å². The van der Waals surface area contributed by atoms with Crippen LogP contribution in [0.3, 0.4) is 0 Å². The number of unbranched alkanes of at least 4 members (excludes halogenated alkanes) is 3. The fraction of sp³-hybridized carbons (Fsp3) is 0.818. The van der Waals surface area contributed by atoms with E-state index in [1.54, 1.807) is 0 Å². The zero-order chi connectivity index (χ0) is 21.1. The molecule has 7 nitrogen and oxygen atoms in total. The summed E-state index contributed by atoms with van der Waals surface area (Å²) >= 11 is 0. The van der Waals surface area contributed by atoms with Gasteiger partial charge in [-0.15, -0.1) is 0 Å². The van der Waals surface area contributed by atoms with Crippen LogP contribution in [0.1, 0.15) is 95.6 Å². The number of aromatic nitrogens is 2. The molecule has 1 aliphatic rings. The first-order chi connectivity index (χ1) is 14.0. The van der Waals surface area contributed by atoms with Crippen molar-refractivity contribution in [3.05, 3.63) is 16.2 Å². The van der Waals surface area contributed by atoms with Gasteiger partial charge in [0, 0.05) is 13.0 Å². The number of nitrogens with zero attached hydrogens (tertiary/aromatic N) is 1. The van der Waals surface area contributed by atoms with Gasteiger partial charge in [-0.3, -0.25) is 14.3 Å². The second-order valence-corrected chi connectivity index (χ2v) is 8.56. The summed E-state index contributed by atoms with van der Waals surface area (Å²) in [5.41, 5.74) is 0.250. The van der Waals surface area contributed by atoms with Gasteiger partial charge in [-0.1, -0.05) is 57.8 Å². The molecule has 1 aromatic heterocycles. The van der Waals surface area contributed by atoms with Gasteiger partial charge in [0.05, 0.1) is 11.8 Å². The number of carboxylic acid groups (broad SMARTS) is 1. The third-order valence-electron chi connectivity index (χ3n) is 6.18. The summed E-state index contributed by atoms with van der Waals surface area (Å²) < 4.78 is 1.54. The van der Waals surface area contributed by atoms with Crippen molar-refractivity contribution in [2.45, 2.75) is 109 Å². The Morgan fingerprint density at radius 1 is 1.07 bits per heavy atom. The van der Waals surface area contributed by atoms with Crippen LogP contribution in [0.15, 0.2) is 4.79 Å². The van der Waals surface area contributed by atoms with Crippen LogP contribution in [0.4, 0.5) is 0 Å². The van der Waals surface area contributed by atoms with Crippen molar-refractivity contribution in [1.82, 2.24) is 9.55 Å². The van der Waals surface area contributed by atoms with Gasteiger partial charge in [0.1, 0.15) is 0 Å². The number of hydrogen-bond donors (Lipinski definition) is 4. The number of aromatic hydroxyl groups is 1. The monoisotopic (exact) mass is 410 g/mol. The topological polar surface area (TPSA) is 116 Å². The summed E-state index contributed by atoms with van der Waals surface area (Å²) in [6.45, 7) is 0.398. The Morgan fingerprint density at radius 3 is 2.52 bits per heavy atom. The molecule has 166 valence electrons. The van der Waals surface area contributed by atoms with Gasteiger partial charge >= 0.3 is 11.7 Å². The molecule has 0 aliphatic heterocycles. The average Bonchev–Trinajstić information content (AvgIpc) is 2.96. The minimum Gasteiger partial charge on any atom is -0.493 e. The molecule has 0 amide bonds. The van der Waals surface area contributed by atoms with Gasteiger partial charge in [0.2, 0.25) is 5.88 Å². The molecular formula is C22H38N2O5. The number of aliphatic hydroxyl groups is 1. The lowest BCUT2D eigenvalue weighted by Crippen LogP contribution is -2.22. The van der Waals surface area contributed by atoms with E-state index >= 15 is 0 Å². The van der Waals surface area contributed by atoms with Gasteiger partial charge in [-0.25, -0.2) is 4.79 Å². The van der Waals surface area contributed by atoms with E-state index in [-0.39, 0.29) is 18.0 Å². The highest BCUT2D eigenvalue weighted by Crippen LogP contribution is 2.28. The lowest BCUT2D eigenvalue weighted by molar-refractivity contribution is -0.137. The molecule has 2 rings (SSSR count). The molecule has 1 aliphatic carbocycles. The molecular weight excluding hydrogens is 372 g/mol. The van der Waals surface area contributed by atoms with Gasteiger partial charge in [-0.2, -0.15) is 0 Å². The number of carboxylic acids is 1. The summed E-state index contributed by atoms with van der Waals surface area (Å²) in [6, 6.07) is 0. The number of carbonyl (C=O) groups is 1. The second kappa shape index (κ2) is 12.7. The Hall–Kier alpha value is -1.76. The number of rotatable bonds is 14. The van der Waals surface area contributed by atoms with E-state index in [0.29, 0.717) is 31.5 Å². The van der Waals surface area contributed by atoms with Crippen molar-refractivity contribution in [2.75, 3.05) is 0 Å². The maximum absolute atomic E-state index is 12.1. The largest absolute Gasteiger partial charge is 0.493 e. The van der Waals surface area contributed by atoms with Crippen molar-refractivity contribution in [1.29, 1.82) is 0 Å². The van der Waals surface area contributed by atoms with Crippen LogP contribution in [-0.4, -0.2) is 36.9 Å². The zero-order valence-electron chi connectivity index (χ0n) is 17.6. The fourth-order valence-electron chi connectivity index (χ4n) is 4.44. The van der Waals surface area contributed by atoms with Crippen molar-refractivity contribution in [3.63, 3.8) is 0 Å². The van der Waals surface area contributed by atoms with E-state index in [0.717, 1.165) is 38.0 Å². The van der Waals surface area contributed by atoms with Gasteiger partial charge in [-0.05, 0) is 38.0 Å². The van der Waals surface area contributed by atoms with Crippen molar-refractivity contribution in [3.8, 4) is 5.88 Å². The molecule has 0 bridgehead atoms.